The van der Waals surface area contributed by atoms with Gasteiger partial charge >= 0.3 is 0 Å². The number of hydrogen-bond acceptors (Lipinski definition) is 7. The van der Waals surface area contributed by atoms with Gasteiger partial charge in [-0.3, -0.25) is 13.9 Å². The van der Waals surface area contributed by atoms with Crippen molar-refractivity contribution in [2.45, 2.75) is 44.5 Å². The molecule has 0 saturated carbocycles. The summed E-state index contributed by atoms with van der Waals surface area (Å²) >= 11 is 7.45. The molecule has 1 unspecified atom stereocenters. The molecule has 5 rings (SSSR count). The predicted octanol–water partition coefficient (Wildman–Crippen LogP) is 4.28. The van der Waals surface area contributed by atoms with Gasteiger partial charge in [0.2, 0.25) is 5.95 Å². The van der Waals surface area contributed by atoms with E-state index in [9.17, 15) is 4.79 Å². The van der Waals surface area contributed by atoms with E-state index >= 15 is 0 Å². The minimum absolute atomic E-state index is 0.0172. The van der Waals surface area contributed by atoms with Crippen LogP contribution in [0.2, 0.25) is 5.02 Å². The standard InChI is InChI=1S/C23H24ClN7O2S/c1-14-10-19(15(2)31(14)22-25-13-26-28-22)20(32)12-34-23-29-27-21(16-5-7-17(24)8-6-16)30(23)11-18-4-3-9-33-18/h5-8,10,13,18H,3-4,9,11-12H2,1-2H3,(H,25,26,28). The van der Waals surface area contributed by atoms with Crippen molar-refractivity contribution in [3.05, 3.63) is 58.6 Å². The SMILES string of the molecule is Cc1cc(C(=O)CSc2nnc(-c3ccc(Cl)cc3)n2CC2CCCO2)c(C)n1-c1ncn[nH]1. The highest BCUT2D eigenvalue weighted by Crippen LogP contribution is 2.28. The summed E-state index contributed by atoms with van der Waals surface area (Å²) in [5.74, 6) is 1.59. The smallest absolute Gasteiger partial charge is 0.229 e. The molecule has 1 N–H and O–H groups in total. The maximum absolute atomic E-state index is 13.2. The molecule has 34 heavy (non-hydrogen) atoms. The molecule has 3 aromatic heterocycles. The summed E-state index contributed by atoms with van der Waals surface area (Å²) in [6, 6.07) is 9.41. The second-order valence-corrected chi connectivity index (χ2v) is 9.58. The Kier molecular flexibility index (Phi) is 6.53. The van der Waals surface area contributed by atoms with Crippen LogP contribution in [0.5, 0.6) is 0 Å². The number of Topliss-reactive ketones (excluding diaryl/α,β-unsaturated/α-hetero) is 1. The fraction of sp³-hybridized carbons (Fsp3) is 0.348. The fourth-order valence-corrected chi connectivity index (χ4v) is 5.21. The minimum Gasteiger partial charge on any atom is -0.376 e. The van der Waals surface area contributed by atoms with Gasteiger partial charge in [0, 0.05) is 34.1 Å². The molecule has 1 saturated heterocycles. The van der Waals surface area contributed by atoms with Gasteiger partial charge in [0.05, 0.1) is 18.4 Å². The quantitative estimate of drug-likeness (QED) is 0.286. The third-order valence-corrected chi connectivity index (χ3v) is 7.13. The fourth-order valence-electron chi connectivity index (χ4n) is 4.25. The molecule has 1 aromatic carbocycles. The molecule has 1 aliphatic heterocycles. The van der Waals surface area contributed by atoms with Crippen molar-refractivity contribution in [3.8, 4) is 17.3 Å². The van der Waals surface area contributed by atoms with E-state index in [-0.39, 0.29) is 17.6 Å². The second-order valence-electron chi connectivity index (χ2n) is 8.20. The molecule has 0 aliphatic carbocycles. The zero-order valence-corrected chi connectivity index (χ0v) is 20.4. The summed E-state index contributed by atoms with van der Waals surface area (Å²) < 4.78 is 9.81. The van der Waals surface area contributed by atoms with Crippen molar-refractivity contribution in [2.75, 3.05) is 12.4 Å². The largest absolute Gasteiger partial charge is 0.376 e. The van der Waals surface area contributed by atoms with E-state index in [2.05, 4.69) is 29.9 Å². The van der Waals surface area contributed by atoms with Gasteiger partial charge in [0.25, 0.3) is 0 Å². The first-order chi connectivity index (χ1) is 16.5. The van der Waals surface area contributed by atoms with E-state index < -0.39 is 0 Å². The van der Waals surface area contributed by atoms with Gasteiger partial charge in [-0.2, -0.15) is 10.1 Å². The first kappa shape index (κ1) is 22.8. The highest BCUT2D eigenvalue weighted by molar-refractivity contribution is 7.99. The molecule has 9 nitrogen and oxygen atoms in total. The van der Waals surface area contributed by atoms with Crippen LogP contribution in [0, 0.1) is 13.8 Å². The third kappa shape index (κ3) is 4.53. The number of aromatic amines is 1. The van der Waals surface area contributed by atoms with Gasteiger partial charge in [0.1, 0.15) is 6.33 Å². The molecule has 0 spiro atoms. The first-order valence-electron chi connectivity index (χ1n) is 11.0. The average Bonchev–Trinajstić information content (AvgIpc) is 3.62. The Hall–Kier alpha value is -2.95. The Morgan fingerprint density at radius 1 is 1.26 bits per heavy atom. The van der Waals surface area contributed by atoms with Crippen LogP contribution in [0.4, 0.5) is 0 Å². The zero-order chi connectivity index (χ0) is 23.7. The predicted molar refractivity (Wildman–Crippen MR) is 130 cm³/mol. The lowest BCUT2D eigenvalue weighted by Gasteiger charge is -2.14. The molecule has 11 heteroatoms. The molecule has 4 heterocycles. The normalized spacial score (nSPS) is 15.8. The Balaban J connectivity index is 1.38. The van der Waals surface area contributed by atoms with E-state index in [0.29, 0.717) is 28.2 Å². The minimum atomic E-state index is 0.0172. The first-order valence-corrected chi connectivity index (χ1v) is 12.4. The van der Waals surface area contributed by atoms with Crippen molar-refractivity contribution in [1.29, 1.82) is 0 Å². The van der Waals surface area contributed by atoms with E-state index in [1.165, 1.54) is 18.1 Å². The maximum atomic E-state index is 13.2. The summed E-state index contributed by atoms with van der Waals surface area (Å²) in [5.41, 5.74) is 3.31. The van der Waals surface area contributed by atoms with Gasteiger partial charge in [0.15, 0.2) is 16.8 Å². The van der Waals surface area contributed by atoms with Crippen molar-refractivity contribution in [2.24, 2.45) is 0 Å². The summed E-state index contributed by atoms with van der Waals surface area (Å²) in [6.07, 6.45) is 3.60. The number of nitrogens with zero attached hydrogens (tertiary/aromatic N) is 6. The molecule has 1 atom stereocenters. The third-order valence-electron chi connectivity index (χ3n) is 5.91. The molecule has 0 bridgehead atoms. The number of carbonyl (C=O) groups is 1. The molecule has 176 valence electrons. The van der Waals surface area contributed by atoms with Crippen LogP contribution < -0.4 is 0 Å². The van der Waals surface area contributed by atoms with Crippen LogP contribution in [0.3, 0.4) is 0 Å². The molecule has 1 aliphatic rings. The topological polar surface area (TPSA) is 104 Å². The Bertz CT molecular complexity index is 1290. The van der Waals surface area contributed by atoms with Crippen LogP contribution >= 0.6 is 23.4 Å². The zero-order valence-electron chi connectivity index (χ0n) is 18.9. The number of benzene rings is 1. The van der Waals surface area contributed by atoms with Crippen LogP contribution in [-0.4, -0.2) is 58.8 Å². The van der Waals surface area contributed by atoms with Crippen LogP contribution in [-0.2, 0) is 11.3 Å². The summed E-state index contributed by atoms with van der Waals surface area (Å²) in [4.78, 5) is 17.4. The van der Waals surface area contributed by atoms with Crippen molar-refractivity contribution < 1.29 is 9.53 Å². The van der Waals surface area contributed by atoms with Gasteiger partial charge in [-0.05, 0) is 57.0 Å². The Morgan fingerprint density at radius 3 is 2.79 bits per heavy atom. The van der Waals surface area contributed by atoms with Crippen LogP contribution in [0.25, 0.3) is 17.3 Å². The lowest BCUT2D eigenvalue weighted by molar-refractivity contribution is 0.0953. The Morgan fingerprint density at radius 2 is 2.09 bits per heavy atom. The second kappa shape index (κ2) is 9.73. The Labute approximate surface area is 205 Å². The molecule has 1 fully saturated rings. The highest BCUT2D eigenvalue weighted by Gasteiger charge is 2.23. The molecular weight excluding hydrogens is 474 g/mol. The van der Waals surface area contributed by atoms with Crippen molar-refractivity contribution in [3.63, 3.8) is 0 Å². The summed E-state index contributed by atoms with van der Waals surface area (Å²) in [6.45, 7) is 5.26. The van der Waals surface area contributed by atoms with Gasteiger partial charge < -0.3 is 4.74 Å². The van der Waals surface area contributed by atoms with E-state index in [1.807, 2.05) is 48.7 Å². The number of nitrogens with one attached hydrogen (secondary N) is 1. The van der Waals surface area contributed by atoms with Gasteiger partial charge in [-0.15, -0.1) is 10.2 Å². The maximum Gasteiger partial charge on any atom is 0.229 e. The number of thioether (sulfide) groups is 1. The highest BCUT2D eigenvalue weighted by atomic mass is 35.5. The molecule has 4 aromatic rings. The number of ether oxygens (including phenoxy) is 1. The van der Waals surface area contributed by atoms with Gasteiger partial charge in [-0.1, -0.05) is 23.4 Å². The number of ketones is 1. The van der Waals surface area contributed by atoms with E-state index in [1.54, 1.807) is 0 Å². The van der Waals surface area contributed by atoms with Crippen LogP contribution in [0.15, 0.2) is 41.8 Å². The van der Waals surface area contributed by atoms with E-state index in [0.717, 1.165) is 42.2 Å². The van der Waals surface area contributed by atoms with Gasteiger partial charge in [-0.25, -0.2) is 5.10 Å². The number of hydrogen-bond donors (Lipinski definition) is 1. The van der Waals surface area contributed by atoms with Crippen LogP contribution in [0.1, 0.15) is 34.6 Å². The summed E-state index contributed by atoms with van der Waals surface area (Å²) in [7, 11) is 0. The number of aryl methyl sites for hydroxylation is 1. The molecule has 0 amide bonds. The van der Waals surface area contributed by atoms with Crippen molar-refractivity contribution >= 4 is 29.1 Å². The number of H-pyrrole nitrogens is 1. The summed E-state index contributed by atoms with van der Waals surface area (Å²) in [5, 5.41) is 17.0. The number of carbonyl (C=O) groups excluding carboxylic acids is 1. The lowest BCUT2D eigenvalue weighted by atomic mass is 10.2. The molecular formula is C23H24ClN7O2S. The number of halogens is 1. The lowest BCUT2D eigenvalue weighted by Crippen LogP contribution is -2.17. The average molecular weight is 498 g/mol. The van der Waals surface area contributed by atoms with E-state index in [4.69, 9.17) is 16.3 Å². The van der Waals surface area contributed by atoms with Crippen molar-refractivity contribution in [1.82, 2.24) is 34.5 Å². The number of aromatic nitrogens is 7. The molecule has 0 radical (unpaired) electrons. The monoisotopic (exact) mass is 497 g/mol. The number of rotatable bonds is 8.